The zero-order valence-electron chi connectivity index (χ0n) is 20.1. The molecule has 1 saturated heterocycles. The van der Waals surface area contributed by atoms with Crippen molar-refractivity contribution in [3.05, 3.63) is 42.4 Å². The number of alkyl halides is 1. The van der Waals surface area contributed by atoms with Crippen LogP contribution in [0.4, 0.5) is 10.2 Å². The van der Waals surface area contributed by atoms with Crippen LogP contribution >= 0.6 is 0 Å². The van der Waals surface area contributed by atoms with Gasteiger partial charge in [0.15, 0.2) is 5.65 Å². The van der Waals surface area contributed by atoms with E-state index < -0.39 is 12.2 Å². The predicted molar refractivity (Wildman–Crippen MR) is 131 cm³/mol. The zero-order chi connectivity index (χ0) is 24.8. The molecular weight excluding hydrogens is 465 g/mol. The Labute approximate surface area is 207 Å². The fourth-order valence-corrected chi connectivity index (χ4v) is 5.08. The number of aromatic nitrogens is 5. The van der Waals surface area contributed by atoms with E-state index in [0.717, 1.165) is 23.4 Å². The highest BCUT2D eigenvalue weighted by atomic mass is 19.1. The molecule has 0 bridgehead atoms. The van der Waals surface area contributed by atoms with E-state index in [2.05, 4.69) is 20.3 Å². The first-order chi connectivity index (χ1) is 17.6. The van der Waals surface area contributed by atoms with Gasteiger partial charge in [-0.3, -0.25) is 4.79 Å². The third-order valence-corrected chi connectivity index (χ3v) is 7.29. The number of ether oxygens (including phenoxy) is 2. The molecule has 0 radical (unpaired) electrons. The van der Waals surface area contributed by atoms with Crippen LogP contribution in [0.2, 0.25) is 0 Å². The lowest BCUT2D eigenvalue weighted by Crippen LogP contribution is -2.48. The molecule has 2 fully saturated rings. The molecule has 4 aliphatic rings. The van der Waals surface area contributed by atoms with E-state index in [-0.39, 0.29) is 18.1 Å². The number of fused-ring (bicyclic) bond motifs is 2. The molecule has 5 heterocycles. The molecule has 1 aliphatic carbocycles. The molecule has 3 aliphatic heterocycles. The van der Waals surface area contributed by atoms with Gasteiger partial charge in [0.25, 0.3) is 5.91 Å². The van der Waals surface area contributed by atoms with Gasteiger partial charge >= 0.3 is 0 Å². The highest BCUT2D eigenvalue weighted by Gasteiger charge is 2.33. The number of carbonyl (C=O) groups excluding carboxylic acids is 1. The van der Waals surface area contributed by atoms with Crippen molar-refractivity contribution < 1.29 is 18.7 Å². The van der Waals surface area contributed by atoms with Gasteiger partial charge in [0.1, 0.15) is 29.5 Å². The van der Waals surface area contributed by atoms with Crippen molar-refractivity contribution in [2.75, 3.05) is 32.7 Å². The lowest BCUT2D eigenvalue weighted by Gasteiger charge is -2.33. The number of hydrogen-bond donors (Lipinski definition) is 2. The number of amides is 1. The van der Waals surface area contributed by atoms with Gasteiger partial charge in [0, 0.05) is 50.4 Å². The Morgan fingerprint density at radius 1 is 1.25 bits per heavy atom. The summed E-state index contributed by atoms with van der Waals surface area (Å²) in [5.41, 5.74) is 3.14. The lowest BCUT2D eigenvalue weighted by molar-refractivity contribution is -0.0600. The van der Waals surface area contributed by atoms with Gasteiger partial charge in [-0.1, -0.05) is 0 Å². The van der Waals surface area contributed by atoms with Gasteiger partial charge in [-0.2, -0.15) is 9.61 Å². The zero-order valence-corrected chi connectivity index (χ0v) is 20.1. The van der Waals surface area contributed by atoms with Crippen LogP contribution in [0.1, 0.15) is 35.7 Å². The number of pyridine rings is 1. The van der Waals surface area contributed by atoms with E-state index in [1.807, 2.05) is 24.4 Å². The van der Waals surface area contributed by atoms with Crippen molar-refractivity contribution in [2.45, 2.75) is 43.6 Å². The van der Waals surface area contributed by atoms with Crippen molar-refractivity contribution in [2.24, 2.45) is 0 Å². The molecule has 11 heteroatoms. The number of anilines is 1. The Balaban J connectivity index is 1.39. The topological polar surface area (TPSA) is 108 Å². The van der Waals surface area contributed by atoms with Gasteiger partial charge in [-0.05, 0) is 31.4 Å². The molecule has 6 rings (SSSR count). The fourth-order valence-electron chi connectivity index (χ4n) is 5.08. The van der Waals surface area contributed by atoms with Gasteiger partial charge in [0.2, 0.25) is 0 Å². The van der Waals surface area contributed by atoms with E-state index in [4.69, 9.17) is 19.4 Å². The molecule has 1 saturated carbocycles. The van der Waals surface area contributed by atoms with Crippen LogP contribution in [0.25, 0.3) is 28.3 Å². The van der Waals surface area contributed by atoms with Gasteiger partial charge < -0.3 is 24.7 Å². The Bertz CT molecular complexity index is 1390. The monoisotopic (exact) mass is 493 g/mol. The summed E-state index contributed by atoms with van der Waals surface area (Å²) in [6.07, 6.45) is 6.17. The van der Waals surface area contributed by atoms with E-state index in [1.165, 1.54) is 6.20 Å². The molecule has 36 heavy (non-hydrogen) atoms. The largest absolute Gasteiger partial charge is 0.379 e. The predicted octanol–water partition coefficient (Wildman–Crippen LogP) is 2.95. The molecule has 2 aromatic heterocycles. The summed E-state index contributed by atoms with van der Waals surface area (Å²) in [7, 11) is 3.49. The number of nitrogens with zero attached hydrogens (tertiary/aromatic N) is 5. The maximum Gasteiger partial charge on any atom is 0.257 e. The molecule has 0 aromatic carbocycles. The van der Waals surface area contributed by atoms with E-state index in [1.54, 1.807) is 24.9 Å². The second kappa shape index (κ2) is 9.14. The first kappa shape index (κ1) is 22.9. The molecule has 1 amide bonds. The third kappa shape index (κ3) is 3.70. The summed E-state index contributed by atoms with van der Waals surface area (Å²) in [6, 6.07) is 5.54. The van der Waals surface area contributed by atoms with Crippen LogP contribution in [0.5, 0.6) is 0 Å². The quantitative estimate of drug-likeness (QED) is 0.425. The van der Waals surface area contributed by atoms with Gasteiger partial charge in [0.05, 0.1) is 30.6 Å². The minimum atomic E-state index is -1.01. The summed E-state index contributed by atoms with van der Waals surface area (Å²) in [4.78, 5) is 22.5. The third-order valence-electron chi connectivity index (χ3n) is 7.29. The second-order valence-corrected chi connectivity index (χ2v) is 9.27. The number of halogens is 1. The highest BCUT2D eigenvalue weighted by molar-refractivity contribution is 6.00. The number of hydrogen-bond acceptors (Lipinski definition) is 7. The molecule has 188 valence electrons. The van der Waals surface area contributed by atoms with Crippen molar-refractivity contribution in [3.63, 3.8) is 0 Å². The van der Waals surface area contributed by atoms with Crippen LogP contribution in [0, 0.1) is 0 Å². The average Bonchev–Trinajstić information content (AvgIpc) is 3.54. The fraction of sp³-hybridized carbons (Fsp3) is 0.440. The molecule has 0 unspecified atom stereocenters. The summed E-state index contributed by atoms with van der Waals surface area (Å²) in [5, 5.41) is 10.3. The van der Waals surface area contributed by atoms with Crippen molar-refractivity contribution in [1.29, 1.82) is 0 Å². The Hall–Kier alpha value is -3.57. The molecule has 2 aromatic rings. The van der Waals surface area contributed by atoms with Crippen LogP contribution in [-0.4, -0.2) is 75.7 Å². The van der Waals surface area contributed by atoms with E-state index in [9.17, 15) is 9.18 Å². The Morgan fingerprint density at radius 3 is 2.89 bits per heavy atom. The minimum absolute atomic E-state index is 0.0627. The average molecular weight is 494 g/mol. The molecular formula is C25H28FN7O3. The van der Waals surface area contributed by atoms with Crippen molar-refractivity contribution in [3.8, 4) is 22.6 Å². The van der Waals surface area contributed by atoms with Crippen LogP contribution in [0.3, 0.4) is 0 Å². The number of rotatable bonds is 6. The number of nitrogens with one attached hydrogen (secondary N) is 2. The Morgan fingerprint density at radius 2 is 2.14 bits per heavy atom. The van der Waals surface area contributed by atoms with E-state index >= 15 is 0 Å². The first-order valence-electron chi connectivity index (χ1n) is 12.2. The van der Waals surface area contributed by atoms with Crippen molar-refractivity contribution >= 4 is 17.4 Å². The number of methoxy groups -OCH3 is 1. The lowest BCUT2D eigenvalue weighted by atomic mass is 9.90. The number of carbonyl (C=O) groups is 1. The van der Waals surface area contributed by atoms with Crippen molar-refractivity contribution in [1.82, 2.24) is 29.5 Å². The maximum atomic E-state index is 13.7. The van der Waals surface area contributed by atoms with Gasteiger partial charge in [-0.15, -0.1) is 0 Å². The molecule has 4 atom stereocenters. The maximum absolute atomic E-state index is 13.7. The summed E-state index contributed by atoms with van der Waals surface area (Å²) < 4.78 is 28.8. The standard InChI is InChI=1S/C25H28FN7O3/c1-27-22-10-19(30-24-16(12-29-33(22)24)25(34)31-18-6-5-17(18)26)15-11-28-23-14(15)4-3-8-32(23)20-7-9-36-13-21(20)35-2/h3-4,8,10-12,17-18,20-21,27H,5-7,9,13H2,1-2H3,(H,31,34)/t17-,18+,20+,21+/m0/s1. The summed E-state index contributed by atoms with van der Waals surface area (Å²) in [6.45, 7) is 1.21. The SMILES string of the molecule is CNc1cc(-c2cnc3n([C@@H]4CCOC[C@H]4OC)cccc2-3)nc2c(C(=O)N[C@@H]3CC[C@@H]3F)cnn12. The molecule has 0 spiro atoms. The smallest absolute Gasteiger partial charge is 0.257 e. The summed E-state index contributed by atoms with van der Waals surface area (Å²) >= 11 is 0. The van der Waals surface area contributed by atoms with E-state index in [0.29, 0.717) is 48.8 Å². The van der Waals surface area contributed by atoms with Gasteiger partial charge in [-0.25, -0.2) is 14.4 Å². The normalized spacial score (nSPS) is 24.1. The molecule has 10 nitrogen and oxygen atoms in total. The minimum Gasteiger partial charge on any atom is -0.379 e. The second-order valence-electron chi connectivity index (χ2n) is 9.27. The van der Waals surface area contributed by atoms with Crippen LogP contribution < -0.4 is 10.6 Å². The Kier molecular flexibility index (Phi) is 5.81. The van der Waals surface area contributed by atoms with Crippen LogP contribution in [-0.2, 0) is 9.47 Å². The summed E-state index contributed by atoms with van der Waals surface area (Å²) in [5.74, 6) is 1.13. The molecule has 2 N–H and O–H groups in total. The highest BCUT2D eigenvalue weighted by Crippen LogP contribution is 2.37. The first-order valence-corrected chi connectivity index (χ1v) is 12.2. The van der Waals surface area contributed by atoms with Crippen LogP contribution in [0.15, 0.2) is 36.8 Å².